The van der Waals surface area contributed by atoms with Gasteiger partial charge in [0.25, 0.3) is 0 Å². The van der Waals surface area contributed by atoms with Gasteiger partial charge in [-0.15, -0.1) is 0 Å². The molecule has 10 heteroatoms. The predicted molar refractivity (Wildman–Crippen MR) is 116 cm³/mol. The van der Waals surface area contributed by atoms with Crippen LogP contribution in [-0.4, -0.2) is 105 Å². The molecule has 31 heavy (non-hydrogen) atoms. The number of benzene rings is 1. The lowest BCUT2D eigenvalue weighted by Crippen LogP contribution is -2.55. The summed E-state index contributed by atoms with van der Waals surface area (Å²) in [5.41, 5.74) is 1.78. The van der Waals surface area contributed by atoms with E-state index in [2.05, 4.69) is 0 Å². The molecule has 2 amide bonds. The Bertz CT molecular complexity index is 904. The molecular formula is C21H32N4O5S. The summed E-state index contributed by atoms with van der Waals surface area (Å²) in [6.45, 7) is 9.77. The van der Waals surface area contributed by atoms with E-state index in [4.69, 9.17) is 4.74 Å². The molecule has 2 heterocycles. The van der Waals surface area contributed by atoms with Crippen molar-refractivity contribution < 1.29 is 22.7 Å². The Morgan fingerprint density at radius 3 is 2.13 bits per heavy atom. The van der Waals surface area contributed by atoms with Gasteiger partial charge >= 0.3 is 6.09 Å². The van der Waals surface area contributed by atoms with Crippen LogP contribution in [0.1, 0.15) is 18.1 Å². The Balaban J connectivity index is 1.49. The Labute approximate surface area is 184 Å². The van der Waals surface area contributed by atoms with Gasteiger partial charge in [0, 0.05) is 52.4 Å². The number of rotatable bonds is 5. The van der Waals surface area contributed by atoms with Gasteiger partial charge in [0.1, 0.15) is 0 Å². The van der Waals surface area contributed by atoms with Crippen LogP contribution < -0.4 is 0 Å². The molecule has 0 saturated carbocycles. The van der Waals surface area contributed by atoms with E-state index in [1.807, 2.05) is 30.9 Å². The summed E-state index contributed by atoms with van der Waals surface area (Å²) in [4.78, 5) is 30.2. The van der Waals surface area contributed by atoms with Crippen LogP contribution in [0.2, 0.25) is 0 Å². The summed E-state index contributed by atoms with van der Waals surface area (Å²) in [5.74, 6) is 0.00851. The summed E-state index contributed by atoms with van der Waals surface area (Å²) in [7, 11) is -3.54. The Morgan fingerprint density at radius 1 is 0.935 bits per heavy atom. The monoisotopic (exact) mass is 452 g/mol. The maximum atomic E-state index is 13.0. The number of nitrogens with zero attached hydrogens (tertiary/aromatic N) is 4. The van der Waals surface area contributed by atoms with Gasteiger partial charge in [0.2, 0.25) is 15.9 Å². The number of aryl methyl sites for hydroxylation is 2. The molecule has 2 fully saturated rings. The molecule has 172 valence electrons. The van der Waals surface area contributed by atoms with Crippen molar-refractivity contribution in [2.24, 2.45) is 0 Å². The fourth-order valence-electron chi connectivity index (χ4n) is 4.00. The number of piperazine rings is 2. The molecule has 1 aromatic rings. The molecule has 0 bridgehead atoms. The first-order valence-electron chi connectivity index (χ1n) is 10.7. The second kappa shape index (κ2) is 9.97. The first kappa shape index (κ1) is 23.5. The summed E-state index contributed by atoms with van der Waals surface area (Å²) in [6, 6.07) is 5.37. The van der Waals surface area contributed by atoms with E-state index in [1.165, 1.54) is 4.31 Å². The topological polar surface area (TPSA) is 90.5 Å². The minimum Gasteiger partial charge on any atom is -0.450 e. The van der Waals surface area contributed by atoms with Crippen LogP contribution in [0.3, 0.4) is 0 Å². The molecule has 2 aliphatic heterocycles. The van der Waals surface area contributed by atoms with Gasteiger partial charge < -0.3 is 14.5 Å². The predicted octanol–water partition coefficient (Wildman–Crippen LogP) is 0.910. The van der Waals surface area contributed by atoms with Gasteiger partial charge in [-0.05, 0) is 32.4 Å². The lowest BCUT2D eigenvalue weighted by atomic mass is 10.2. The zero-order valence-corrected chi connectivity index (χ0v) is 19.4. The first-order chi connectivity index (χ1) is 14.7. The molecule has 0 aromatic heterocycles. The van der Waals surface area contributed by atoms with Gasteiger partial charge in [-0.2, -0.15) is 4.31 Å². The van der Waals surface area contributed by atoms with E-state index in [-0.39, 0.29) is 18.5 Å². The van der Waals surface area contributed by atoms with Crippen LogP contribution in [0.25, 0.3) is 0 Å². The fourth-order valence-corrected chi connectivity index (χ4v) is 5.63. The molecular weight excluding hydrogens is 420 g/mol. The lowest BCUT2D eigenvalue weighted by Gasteiger charge is -2.37. The third kappa shape index (κ3) is 5.55. The van der Waals surface area contributed by atoms with E-state index < -0.39 is 10.0 Å². The van der Waals surface area contributed by atoms with E-state index >= 15 is 0 Å². The van der Waals surface area contributed by atoms with Crippen molar-refractivity contribution in [2.75, 3.05) is 65.5 Å². The molecule has 0 radical (unpaired) electrons. The number of carbonyl (C=O) groups excluding carboxylic acids is 2. The maximum absolute atomic E-state index is 13.0. The highest BCUT2D eigenvalue weighted by Gasteiger charge is 2.31. The average molecular weight is 453 g/mol. The minimum atomic E-state index is -3.54. The number of amides is 2. The molecule has 0 aliphatic carbocycles. The largest absolute Gasteiger partial charge is 0.450 e. The van der Waals surface area contributed by atoms with Crippen molar-refractivity contribution in [2.45, 2.75) is 25.7 Å². The standard InChI is InChI=1S/C21H32N4O5S/c1-4-30-21(27)24-11-9-23(10-12-24)20(26)16-22-7-13-25(14-8-22)31(28,29)19-6-5-17(2)15-18(19)3/h5-6,15H,4,7-14,16H2,1-3H3. The van der Waals surface area contributed by atoms with Crippen molar-refractivity contribution in [3.8, 4) is 0 Å². The zero-order chi connectivity index (χ0) is 22.6. The molecule has 0 spiro atoms. The number of ether oxygens (including phenoxy) is 1. The smallest absolute Gasteiger partial charge is 0.409 e. The van der Waals surface area contributed by atoms with Crippen molar-refractivity contribution >= 4 is 22.0 Å². The van der Waals surface area contributed by atoms with Crippen LogP contribution in [0.4, 0.5) is 4.79 Å². The second-order valence-corrected chi connectivity index (χ2v) is 9.92. The van der Waals surface area contributed by atoms with Crippen LogP contribution >= 0.6 is 0 Å². The third-order valence-corrected chi connectivity index (χ3v) is 7.86. The highest BCUT2D eigenvalue weighted by atomic mass is 32.2. The summed E-state index contributed by atoms with van der Waals surface area (Å²) >= 11 is 0. The molecule has 9 nitrogen and oxygen atoms in total. The van der Waals surface area contributed by atoms with Gasteiger partial charge in [-0.25, -0.2) is 13.2 Å². The fraction of sp³-hybridized carbons (Fsp3) is 0.619. The maximum Gasteiger partial charge on any atom is 0.409 e. The van der Waals surface area contributed by atoms with Crippen LogP contribution in [0.15, 0.2) is 23.1 Å². The average Bonchev–Trinajstić information content (AvgIpc) is 2.74. The highest BCUT2D eigenvalue weighted by Crippen LogP contribution is 2.22. The summed E-state index contributed by atoms with van der Waals surface area (Å²) < 4.78 is 32.5. The van der Waals surface area contributed by atoms with E-state index in [1.54, 1.807) is 22.8 Å². The Morgan fingerprint density at radius 2 is 1.55 bits per heavy atom. The Kier molecular flexibility index (Phi) is 7.55. The lowest BCUT2D eigenvalue weighted by molar-refractivity contribution is -0.134. The van der Waals surface area contributed by atoms with E-state index in [0.717, 1.165) is 11.1 Å². The molecule has 3 rings (SSSR count). The van der Waals surface area contributed by atoms with Gasteiger partial charge in [-0.3, -0.25) is 9.69 Å². The van der Waals surface area contributed by atoms with Crippen molar-refractivity contribution in [1.82, 2.24) is 19.0 Å². The molecule has 2 saturated heterocycles. The van der Waals surface area contributed by atoms with E-state index in [9.17, 15) is 18.0 Å². The SMILES string of the molecule is CCOC(=O)N1CCN(C(=O)CN2CCN(S(=O)(=O)c3ccc(C)cc3C)CC2)CC1. The van der Waals surface area contributed by atoms with Gasteiger partial charge in [0.05, 0.1) is 18.0 Å². The summed E-state index contributed by atoms with van der Waals surface area (Å²) in [5, 5.41) is 0. The second-order valence-electron chi connectivity index (χ2n) is 8.02. The minimum absolute atomic E-state index is 0.00851. The molecule has 0 atom stereocenters. The molecule has 0 N–H and O–H groups in total. The Hall–Kier alpha value is -2.17. The number of carbonyl (C=O) groups is 2. The van der Waals surface area contributed by atoms with Crippen LogP contribution in [0.5, 0.6) is 0 Å². The molecule has 2 aliphatic rings. The van der Waals surface area contributed by atoms with Crippen molar-refractivity contribution in [3.05, 3.63) is 29.3 Å². The van der Waals surface area contributed by atoms with Gasteiger partial charge in [0.15, 0.2) is 0 Å². The quantitative estimate of drug-likeness (QED) is 0.660. The zero-order valence-electron chi connectivity index (χ0n) is 18.5. The summed E-state index contributed by atoms with van der Waals surface area (Å²) in [6.07, 6.45) is -0.337. The molecule has 0 unspecified atom stereocenters. The van der Waals surface area contributed by atoms with Crippen LogP contribution in [-0.2, 0) is 19.6 Å². The highest BCUT2D eigenvalue weighted by molar-refractivity contribution is 7.89. The first-order valence-corrected chi connectivity index (χ1v) is 12.2. The van der Waals surface area contributed by atoms with E-state index in [0.29, 0.717) is 63.9 Å². The van der Waals surface area contributed by atoms with Crippen LogP contribution in [0, 0.1) is 13.8 Å². The number of hydrogen-bond acceptors (Lipinski definition) is 6. The van der Waals surface area contributed by atoms with Crippen molar-refractivity contribution in [1.29, 1.82) is 0 Å². The van der Waals surface area contributed by atoms with Crippen molar-refractivity contribution in [3.63, 3.8) is 0 Å². The van der Waals surface area contributed by atoms with Gasteiger partial charge in [-0.1, -0.05) is 17.7 Å². The normalized spacial score (nSPS) is 18.8. The number of sulfonamides is 1. The third-order valence-electron chi connectivity index (χ3n) is 5.80. The molecule has 1 aromatic carbocycles. The number of hydrogen-bond donors (Lipinski definition) is 0.